The zero-order chi connectivity index (χ0) is 20.8. The molecule has 0 unspecified atom stereocenters. The molecule has 4 rings (SSSR count). The van der Waals surface area contributed by atoms with Gasteiger partial charge in [-0.3, -0.25) is 0 Å². The molecule has 1 fully saturated rings. The average molecular weight is 412 g/mol. The van der Waals surface area contributed by atoms with Gasteiger partial charge in [0.15, 0.2) is 0 Å². The molecule has 1 atom stereocenters. The van der Waals surface area contributed by atoms with Crippen molar-refractivity contribution in [3.63, 3.8) is 0 Å². The van der Waals surface area contributed by atoms with Crippen LogP contribution in [0.1, 0.15) is 43.8 Å². The molecule has 0 radical (unpaired) electrons. The lowest BCUT2D eigenvalue weighted by molar-refractivity contribution is -0.933. The lowest BCUT2D eigenvalue weighted by atomic mass is 10.1. The van der Waals surface area contributed by atoms with E-state index in [4.69, 9.17) is 9.15 Å². The molecule has 0 amide bonds. The summed E-state index contributed by atoms with van der Waals surface area (Å²) in [7, 11) is 1.70. The van der Waals surface area contributed by atoms with Crippen LogP contribution in [0, 0.1) is 0 Å². The van der Waals surface area contributed by atoms with Gasteiger partial charge in [0.1, 0.15) is 24.1 Å². The number of nitrogens with one attached hydrogen (secondary N) is 1. The Morgan fingerprint density at radius 2 is 1.97 bits per heavy atom. The SMILES string of the molecule is CCCC[C@H](c1nnnn1Cc1ccco1)[NH+]1CCN(c2ccc(OC)cc2)CC1. The van der Waals surface area contributed by atoms with Gasteiger partial charge in [-0.1, -0.05) is 13.3 Å². The smallest absolute Gasteiger partial charge is 0.209 e. The highest BCUT2D eigenvalue weighted by Crippen LogP contribution is 2.20. The van der Waals surface area contributed by atoms with Crippen LogP contribution in [0.4, 0.5) is 5.69 Å². The van der Waals surface area contributed by atoms with Crippen LogP contribution in [-0.4, -0.2) is 53.5 Å². The molecule has 8 heteroatoms. The van der Waals surface area contributed by atoms with Crippen LogP contribution in [0.2, 0.25) is 0 Å². The molecule has 3 aromatic rings. The summed E-state index contributed by atoms with van der Waals surface area (Å²) in [5.41, 5.74) is 1.25. The van der Waals surface area contributed by atoms with E-state index in [9.17, 15) is 0 Å². The van der Waals surface area contributed by atoms with Gasteiger partial charge in [0.2, 0.25) is 5.82 Å². The average Bonchev–Trinajstić information content (AvgIpc) is 3.47. The third-order valence-electron chi connectivity index (χ3n) is 5.94. The van der Waals surface area contributed by atoms with Gasteiger partial charge >= 0.3 is 0 Å². The molecule has 0 spiro atoms. The van der Waals surface area contributed by atoms with Crippen molar-refractivity contribution < 1.29 is 14.1 Å². The third-order valence-corrected chi connectivity index (χ3v) is 5.94. The monoisotopic (exact) mass is 411 g/mol. The number of ether oxygens (including phenoxy) is 1. The van der Waals surface area contributed by atoms with E-state index in [1.54, 1.807) is 18.3 Å². The van der Waals surface area contributed by atoms with E-state index < -0.39 is 0 Å². The zero-order valence-corrected chi connectivity index (χ0v) is 17.8. The fourth-order valence-electron chi connectivity index (χ4n) is 4.24. The van der Waals surface area contributed by atoms with Gasteiger partial charge in [-0.05, 0) is 53.2 Å². The molecule has 8 nitrogen and oxygen atoms in total. The van der Waals surface area contributed by atoms with Crippen molar-refractivity contribution in [3.05, 3.63) is 54.2 Å². The highest BCUT2D eigenvalue weighted by atomic mass is 16.5. The Kier molecular flexibility index (Phi) is 6.63. The normalized spacial score (nSPS) is 16.0. The van der Waals surface area contributed by atoms with Crippen molar-refractivity contribution in [2.45, 2.75) is 38.8 Å². The molecule has 1 aliphatic heterocycles. The topological polar surface area (TPSA) is 73.7 Å². The van der Waals surface area contributed by atoms with E-state index in [2.05, 4.69) is 39.5 Å². The van der Waals surface area contributed by atoms with Crippen molar-refractivity contribution in [1.29, 1.82) is 0 Å². The molecule has 160 valence electrons. The summed E-state index contributed by atoms with van der Waals surface area (Å²) in [6, 6.07) is 12.5. The first-order chi connectivity index (χ1) is 14.8. The van der Waals surface area contributed by atoms with Crippen LogP contribution in [-0.2, 0) is 6.54 Å². The van der Waals surface area contributed by atoms with Crippen molar-refractivity contribution in [3.8, 4) is 5.75 Å². The largest absolute Gasteiger partial charge is 0.497 e. The molecular weight excluding hydrogens is 380 g/mol. The Labute approximate surface area is 177 Å². The number of methoxy groups -OCH3 is 1. The lowest BCUT2D eigenvalue weighted by Crippen LogP contribution is -3.15. The molecule has 0 saturated carbocycles. The number of tetrazole rings is 1. The predicted molar refractivity (Wildman–Crippen MR) is 114 cm³/mol. The highest BCUT2D eigenvalue weighted by Gasteiger charge is 2.32. The Morgan fingerprint density at radius 3 is 2.63 bits per heavy atom. The number of rotatable bonds is 9. The van der Waals surface area contributed by atoms with E-state index in [1.807, 2.05) is 28.9 Å². The van der Waals surface area contributed by atoms with Gasteiger partial charge in [-0.2, -0.15) is 0 Å². The van der Waals surface area contributed by atoms with Gasteiger partial charge in [0.05, 0.1) is 39.6 Å². The molecular formula is C22H31N6O2+. The summed E-state index contributed by atoms with van der Waals surface area (Å²) >= 11 is 0. The fraction of sp³-hybridized carbons (Fsp3) is 0.500. The molecule has 1 N–H and O–H groups in total. The second-order valence-corrected chi connectivity index (χ2v) is 7.81. The van der Waals surface area contributed by atoms with Gasteiger partial charge in [0, 0.05) is 12.1 Å². The van der Waals surface area contributed by atoms with Crippen LogP contribution < -0.4 is 14.5 Å². The fourth-order valence-corrected chi connectivity index (χ4v) is 4.24. The van der Waals surface area contributed by atoms with Crippen LogP contribution in [0.5, 0.6) is 5.75 Å². The van der Waals surface area contributed by atoms with E-state index in [1.165, 1.54) is 18.5 Å². The number of piperazine rings is 1. The Hall–Kier alpha value is -2.87. The number of hydrogen-bond donors (Lipinski definition) is 1. The number of quaternary nitrogens is 1. The summed E-state index contributed by atoms with van der Waals surface area (Å²) < 4.78 is 12.7. The van der Waals surface area contributed by atoms with Gasteiger partial charge < -0.3 is 19.0 Å². The number of hydrogen-bond acceptors (Lipinski definition) is 6. The first-order valence-electron chi connectivity index (χ1n) is 10.8. The Morgan fingerprint density at radius 1 is 1.17 bits per heavy atom. The van der Waals surface area contributed by atoms with Crippen molar-refractivity contribution in [1.82, 2.24) is 20.2 Å². The van der Waals surface area contributed by atoms with Gasteiger partial charge in [-0.15, -0.1) is 5.10 Å². The second kappa shape index (κ2) is 9.75. The molecule has 0 aliphatic carbocycles. The molecule has 2 aromatic heterocycles. The number of anilines is 1. The predicted octanol–water partition coefficient (Wildman–Crippen LogP) is 1.96. The number of benzene rings is 1. The second-order valence-electron chi connectivity index (χ2n) is 7.81. The van der Waals surface area contributed by atoms with Crippen LogP contribution in [0.25, 0.3) is 0 Å². The first-order valence-corrected chi connectivity index (χ1v) is 10.8. The number of nitrogens with zero attached hydrogens (tertiary/aromatic N) is 5. The number of furan rings is 1. The lowest BCUT2D eigenvalue weighted by Gasteiger charge is -2.37. The molecule has 1 saturated heterocycles. The molecule has 30 heavy (non-hydrogen) atoms. The van der Waals surface area contributed by atoms with Crippen molar-refractivity contribution in [2.75, 3.05) is 38.2 Å². The van der Waals surface area contributed by atoms with Crippen molar-refractivity contribution >= 4 is 5.69 Å². The summed E-state index contributed by atoms with van der Waals surface area (Å²) in [6.07, 6.45) is 5.12. The molecule has 1 aliphatic rings. The van der Waals surface area contributed by atoms with E-state index >= 15 is 0 Å². The zero-order valence-electron chi connectivity index (χ0n) is 17.8. The summed E-state index contributed by atoms with van der Waals surface area (Å²) in [5, 5.41) is 12.7. The maximum Gasteiger partial charge on any atom is 0.209 e. The Bertz CT molecular complexity index is 885. The molecule has 1 aromatic carbocycles. The summed E-state index contributed by atoms with van der Waals surface area (Å²) in [6.45, 7) is 6.97. The standard InChI is InChI=1S/C22H30N6O2/c1-3-4-7-21(22-23-24-25-28(22)17-20-6-5-16-30-20)27-14-12-26(13-15-27)18-8-10-19(29-2)11-9-18/h5-6,8-11,16,21H,3-4,7,12-15,17H2,1-2H3/p+1/t21-/m1/s1. The first kappa shape index (κ1) is 20.4. The molecule has 0 bridgehead atoms. The highest BCUT2D eigenvalue weighted by molar-refractivity contribution is 5.49. The van der Waals surface area contributed by atoms with Crippen LogP contribution in [0.3, 0.4) is 0 Å². The minimum Gasteiger partial charge on any atom is -0.497 e. The minimum atomic E-state index is 0.299. The number of aromatic nitrogens is 4. The van der Waals surface area contributed by atoms with E-state index in [0.29, 0.717) is 12.6 Å². The quantitative estimate of drug-likeness (QED) is 0.580. The Balaban J connectivity index is 1.45. The van der Waals surface area contributed by atoms with Crippen LogP contribution in [0.15, 0.2) is 47.1 Å². The van der Waals surface area contributed by atoms with E-state index in [-0.39, 0.29) is 0 Å². The number of unbranched alkanes of at least 4 members (excludes halogenated alkanes) is 1. The summed E-state index contributed by atoms with van der Waals surface area (Å²) in [5.74, 6) is 2.73. The van der Waals surface area contributed by atoms with Crippen molar-refractivity contribution in [2.24, 2.45) is 0 Å². The van der Waals surface area contributed by atoms with Gasteiger partial charge in [-0.25, -0.2) is 4.68 Å². The maximum absolute atomic E-state index is 5.51. The summed E-state index contributed by atoms with van der Waals surface area (Å²) in [4.78, 5) is 4.01. The van der Waals surface area contributed by atoms with Crippen LogP contribution >= 0.6 is 0 Å². The minimum absolute atomic E-state index is 0.299. The molecule has 3 heterocycles. The van der Waals surface area contributed by atoms with Gasteiger partial charge in [0.25, 0.3) is 0 Å². The maximum atomic E-state index is 5.51. The van der Waals surface area contributed by atoms with E-state index in [0.717, 1.165) is 49.9 Å². The third kappa shape index (κ3) is 4.64.